The van der Waals surface area contributed by atoms with Crippen molar-refractivity contribution in [3.63, 3.8) is 0 Å². The predicted octanol–water partition coefficient (Wildman–Crippen LogP) is 4.62. The summed E-state index contributed by atoms with van der Waals surface area (Å²) in [7, 11) is 0. The van der Waals surface area contributed by atoms with Crippen LogP contribution in [-0.2, 0) is 13.0 Å². The Labute approximate surface area is 180 Å². The van der Waals surface area contributed by atoms with Crippen molar-refractivity contribution in [1.82, 2.24) is 35.2 Å². The molecule has 0 amide bonds. The van der Waals surface area contributed by atoms with E-state index in [1.54, 1.807) is 0 Å². The lowest BCUT2D eigenvalue weighted by Crippen LogP contribution is -2.01. The van der Waals surface area contributed by atoms with E-state index >= 15 is 0 Å². The first-order valence-corrected chi connectivity index (χ1v) is 10.5. The van der Waals surface area contributed by atoms with Crippen LogP contribution in [-0.4, -0.2) is 35.2 Å². The number of aryl methyl sites for hydroxylation is 1. The summed E-state index contributed by atoms with van der Waals surface area (Å²) in [5.41, 5.74) is 6.30. The zero-order valence-electron chi connectivity index (χ0n) is 17.4. The van der Waals surface area contributed by atoms with Crippen molar-refractivity contribution in [1.29, 1.82) is 0 Å². The zero-order chi connectivity index (χ0) is 21.0. The van der Waals surface area contributed by atoms with Crippen molar-refractivity contribution in [2.75, 3.05) is 0 Å². The van der Waals surface area contributed by atoms with E-state index in [0.717, 1.165) is 59.7 Å². The third kappa shape index (κ3) is 4.07. The van der Waals surface area contributed by atoms with Crippen LogP contribution >= 0.6 is 0 Å². The average Bonchev–Trinajstić information content (AvgIpc) is 3.48. The lowest BCUT2D eigenvalue weighted by Gasteiger charge is -2.10. The van der Waals surface area contributed by atoms with Crippen molar-refractivity contribution in [2.24, 2.45) is 0 Å². The Morgan fingerprint density at radius 2 is 1.71 bits per heavy atom. The highest BCUT2D eigenvalue weighted by Crippen LogP contribution is 2.30. The molecular formula is C24H23N7. The molecule has 1 aromatic heterocycles. The highest BCUT2D eigenvalue weighted by Gasteiger charge is 2.12. The molecule has 0 unspecified atom stereocenters. The van der Waals surface area contributed by atoms with E-state index in [1.165, 1.54) is 5.56 Å². The Kier molecular flexibility index (Phi) is 5.22. The van der Waals surface area contributed by atoms with Gasteiger partial charge in [-0.2, -0.15) is 5.21 Å². The Hall–Kier alpha value is -3.87. The van der Waals surface area contributed by atoms with Gasteiger partial charge in [0, 0.05) is 30.9 Å². The van der Waals surface area contributed by atoms with Crippen LogP contribution in [0.5, 0.6) is 0 Å². The molecule has 2 aromatic carbocycles. The monoisotopic (exact) mass is 409 g/mol. The van der Waals surface area contributed by atoms with Crippen molar-refractivity contribution in [2.45, 2.75) is 32.7 Å². The van der Waals surface area contributed by atoms with Crippen molar-refractivity contribution in [3.8, 4) is 33.9 Å². The molecule has 3 heterocycles. The summed E-state index contributed by atoms with van der Waals surface area (Å²) in [6.07, 6.45) is 7.37. The maximum absolute atomic E-state index is 4.69. The minimum atomic E-state index is 0.595. The first-order chi connectivity index (χ1) is 15.3. The fraction of sp³-hybridized carbons (Fsp3) is 0.208. The lowest BCUT2D eigenvalue weighted by molar-refractivity contribution is 0.763. The number of nitrogens with one attached hydrogen (secondary N) is 1. The second-order valence-corrected chi connectivity index (χ2v) is 7.61. The molecule has 0 fully saturated rings. The van der Waals surface area contributed by atoms with Crippen LogP contribution < -0.4 is 0 Å². The quantitative estimate of drug-likeness (QED) is 0.424. The molecule has 0 saturated carbocycles. The zero-order valence-corrected chi connectivity index (χ0v) is 17.4. The number of tetrazole rings is 1. The normalized spacial score (nSPS) is 11.3. The highest BCUT2D eigenvalue weighted by molar-refractivity contribution is 5.80. The van der Waals surface area contributed by atoms with Crippen LogP contribution in [0.2, 0.25) is 0 Å². The number of aromatic nitrogens is 7. The maximum Gasteiger partial charge on any atom is 0.205 e. The fourth-order valence-corrected chi connectivity index (χ4v) is 3.75. The summed E-state index contributed by atoms with van der Waals surface area (Å²) in [5, 5.41) is 14.5. The molecule has 0 aliphatic carbocycles. The van der Waals surface area contributed by atoms with Crippen LogP contribution in [0.1, 0.15) is 31.2 Å². The topological polar surface area (TPSA) is 85.2 Å². The van der Waals surface area contributed by atoms with Crippen LogP contribution in [0.25, 0.3) is 33.9 Å². The summed E-state index contributed by atoms with van der Waals surface area (Å²) in [5.74, 6) is 1.54. The van der Waals surface area contributed by atoms with Gasteiger partial charge in [-0.3, -0.25) is 0 Å². The Morgan fingerprint density at radius 3 is 2.48 bits per heavy atom. The maximum atomic E-state index is 4.69. The van der Waals surface area contributed by atoms with Crippen molar-refractivity contribution >= 4 is 0 Å². The second-order valence-electron chi connectivity index (χ2n) is 7.61. The number of pyridine rings is 1. The van der Waals surface area contributed by atoms with Gasteiger partial charge in [-0.1, -0.05) is 61.9 Å². The van der Waals surface area contributed by atoms with Gasteiger partial charge in [0.1, 0.15) is 11.5 Å². The average molecular weight is 409 g/mol. The van der Waals surface area contributed by atoms with E-state index in [0.29, 0.717) is 5.82 Å². The molecule has 2 aliphatic heterocycles. The number of aromatic amines is 1. The number of unbranched alkanes of at least 4 members (excludes halogenated alkanes) is 1. The largest absolute Gasteiger partial charge is 0.348 e. The number of fused-ring (bicyclic) bond motifs is 1. The summed E-state index contributed by atoms with van der Waals surface area (Å²) in [6.45, 7) is 2.96. The molecule has 0 radical (unpaired) electrons. The molecule has 31 heavy (non-hydrogen) atoms. The van der Waals surface area contributed by atoms with Gasteiger partial charge in [0.2, 0.25) is 5.82 Å². The molecule has 5 rings (SSSR count). The Morgan fingerprint density at radius 1 is 0.903 bits per heavy atom. The van der Waals surface area contributed by atoms with Gasteiger partial charge in [-0.25, -0.2) is 9.97 Å². The first-order valence-electron chi connectivity index (χ1n) is 10.5. The number of rotatable bonds is 7. The predicted molar refractivity (Wildman–Crippen MR) is 119 cm³/mol. The van der Waals surface area contributed by atoms with Gasteiger partial charge in [-0.05, 0) is 34.4 Å². The molecule has 0 saturated heterocycles. The van der Waals surface area contributed by atoms with Gasteiger partial charge >= 0.3 is 0 Å². The summed E-state index contributed by atoms with van der Waals surface area (Å²) in [4.78, 5) is 9.32. The van der Waals surface area contributed by atoms with Crippen molar-refractivity contribution < 1.29 is 0 Å². The number of benzene rings is 2. The molecule has 154 valence electrons. The van der Waals surface area contributed by atoms with Crippen LogP contribution in [0.4, 0.5) is 0 Å². The summed E-state index contributed by atoms with van der Waals surface area (Å²) in [6, 6.07) is 18.7. The minimum absolute atomic E-state index is 0.595. The van der Waals surface area contributed by atoms with Gasteiger partial charge in [0.25, 0.3) is 0 Å². The van der Waals surface area contributed by atoms with Crippen LogP contribution in [0.3, 0.4) is 0 Å². The van der Waals surface area contributed by atoms with Gasteiger partial charge in [0.05, 0.1) is 5.69 Å². The van der Waals surface area contributed by atoms with Crippen molar-refractivity contribution in [3.05, 3.63) is 78.4 Å². The Balaban J connectivity index is 1.36. The third-order valence-corrected chi connectivity index (χ3v) is 5.37. The van der Waals surface area contributed by atoms with E-state index in [9.17, 15) is 0 Å². The number of nitrogens with zero attached hydrogens (tertiary/aromatic N) is 6. The van der Waals surface area contributed by atoms with Gasteiger partial charge < -0.3 is 4.57 Å². The lowest BCUT2D eigenvalue weighted by atomic mass is 9.98. The smallest absolute Gasteiger partial charge is 0.205 e. The molecule has 3 aromatic rings. The molecule has 0 spiro atoms. The Bertz CT molecular complexity index is 1240. The van der Waals surface area contributed by atoms with E-state index in [1.807, 2.05) is 24.3 Å². The second kappa shape index (κ2) is 8.47. The molecule has 0 bridgehead atoms. The molecule has 7 heteroatoms. The molecule has 7 nitrogen and oxygen atoms in total. The SMILES string of the molecule is CCCCc1nc2ccn(Cc3ccc(-c4ccccc4-c4nn[nH]n4)cc3)cc-2n1. The number of hydrogen-bond donors (Lipinski definition) is 1. The van der Waals surface area contributed by atoms with Crippen LogP contribution in [0, 0.1) is 0 Å². The van der Waals surface area contributed by atoms with E-state index in [2.05, 4.69) is 84.8 Å². The summed E-state index contributed by atoms with van der Waals surface area (Å²) < 4.78 is 2.16. The van der Waals surface area contributed by atoms with Crippen LogP contribution in [0.15, 0.2) is 67.0 Å². The highest BCUT2D eigenvalue weighted by atomic mass is 15.5. The fourth-order valence-electron chi connectivity index (χ4n) is 3.75. The first kappa shape index (κ1) is 19.1. The van der Waals surface area contributed by atoms with E-state index in [-0.39, 0.29) is 0 Å². The van der Waals surface area contributed by atoms with E-state index < -0.39 is 0 Å². The standard InChI is InChI=1S/C24H23N7/c1-2-3-8-23-25-21-13-14-31(16-22(21)26-23)15-17-9-11-18(12-10-17)19-6-4-5-7-20(19)24-27-29-30-28-24/h4-7,9-14,16H,2-3,8,15H2,1H3,(H,27,28,29,30). The number of hydrogen-bond acceptors (Lipinski definition) is 5. The molecular weight excluding hydrogens is 386 g/mol. The molecule has 0 atom stereocenters. The molecule has 2 aliphatic rings. The molecule has 1 N–H and O–H groups in total. The van der Waals surface area contributed by atoms with Gasteiger partial charge in [0.15, 0.2) is 0 Å². The minimum Gasteiger partial charge on any atom is -0.348 e. The third-order valence-electron chi connectivity index (χ3n) is 5.37. The van der Waals surface area contributed by atoms with E-state index in [4.69, 9.17) is 0 Å². The number of imidazole rings is 1. The number of H-pyrrole nitrogens is 1. The van der Waals surface area contributed by atoms with Gasteiger partial charge in [-0.15, -0.1) is 10.2 Å². The summed E-state index contributed by atoms with van der Waals surface area (Å²) >= 11 is 0.